The number of aromatic hydroxyl groups is 1. The summed E-state index contributed by atoms with van der Waals surface area (Å²) in [7, 11) is 0. The molecule has 3 nitrogen and oxygen atoms in total. The van der Waals surface area contributed by atoms with Crippen LogP contribution in [0.5, 0.6) is 5.75 Å². The fourth-order valence-corrected chi connectivity index (χ4v) is 2.98. The minimum absolute atomic E-state index is 0.142. The summed E-state index contributed by atoms with van der Waals surface area (Å²) in [5.74, 6) is 0.874. The molecule has 0 amide bonds. The fourth-order valence-electron chi connectivity index (χ4n) is 2.98. The summed E-state index contributed by atoms with van der Waals surface area (Å²) in [5.41, 5.74) is 2.64. The Morgan fingerprint density at radius 1 is 1.04 bits per heavy atom. The number of hydrogen-bond donors (Lipinski definition) is 1. The molecule has 1 rings (SSSR count). The van der Waals surface area contributed by atoms with Crippen LogP contribution in [0.2, 0.25) is 0 Å². The molecule has 3 heteroatoms. The van der Waals surface area contributed by atoms with Crippen LogP contribution in [0.15, 0.2) is 12.1 Å². The van der Waals surface area contributed by atoms with E-state index >= 15 is 0 Å². The molecule has 0 aromatic heterocycles. The van der Waals surface area contributed by atoms with Gasteiger partial charge < -0.3 is 9.84 Å². The maximum absolute atomic E-state index is 12.0. The lowest BCUT2D eigenvalue weighted by atomic mass is 9.78. The molecule has 0 fully saturated rings. The normalized spacial score (nSPS) is 12.5. The molecule has 0 aliphatic heterocycles. The van der Waals surface area contributed by atoms with Crippen molar-refractivity contribution in [2.24, 2.45) is 5.92 Å². The summed E-state index contributed by atoms with van der Waals surface area (Å²) in [6.07, 6.45) is 3.01. The highest BCUT2D eigenvalue weighted by atomic mass is 16.5. The second-order valence-corrected chi connectivity index (χ2v) is 9.80. The summed E-state index contributed by atoms with van der Waals surface area (Å²) in [4.78, 5) is 12.0. The molecule has 1 N–H and O–H groups in total. The predicted octanol–water partition coefficient (Wildman–Crippen LogP) is 5.90. The number of ether oxygens (including phenoxy) is 1. The number of carbonyl (C=O) groups excluding carboxylic acids is 1. The van der Waals surface area contributed by atoms with Crippen molar-refractivity contribution in [3.63, 3.8) is 0 Å². The molecule has 1 aromatic rings. The van der Waals surface area contributed by atoms with Crippen LogP contribution in [0.1, 0.15) is 91.3 Å². The summed E-state index contributed by atoms with van der Waals surface area (Å²) >= 11 is 0. The monoisotopic (exact) mass is 362 g/mol. The van der Waals surface area contributed by atoms with E-state index in [9.17, 15) is 9.90 Å². The zero-order valence-electron chi connectivity index (χ0n) is 18.0. The molecule has 0 aliphatic rings. The number of rotatable bonds is 7. The fraction of sp³-hybridized carbons (Fsp3) is 0.696. The minimum Gasteiger partial charge on any atom is -0.507 e. The quantitative estimate of drug-likeness (QED) is 0.485. The summed E-state index contributed by atoms with van der Waals surface area (Å²) in [5, 5.41) is 10.8. The van der Waals surface area contributed by atoms with Crippen molar-refractivity contribution in [1.29, 1.82) is 0 Å². The molecule has 0 atom stereocenters. The van der Waals surface area contributed by atoms with Crippen LogP contribution < -0.4 is 0 Å². The molecule has 0 heterocycles. The van der Waals surface area contributed by atoms with E-state index in [0.29, 0.717) is 31.1 Å². The molecular formula is C23H38O3. The largest absolute Gasteiger partial charge is 0.507 e. The maximum atomic E-state index is 12.0. The van der Waals surface area contributed by atoms with Crippen LogP contribution in [0, 0.1) is 5.92 Å². The molecule has 0 saturated heterocycles. The van der Waals surface area contributed by atoms with E-state index in [1.807, 2.05) is 12.1 Å². The average Bonchev–Trinajstić information content (AvgIpc) is 2.48. The van der Waals surface area contributed by atoms with Gasteiger partial charge >= 0.3 is 5.97 Å². The average molecular weight is 363 g/mol. The van der Waals surface area contributed by atoms with Gasteiger partial charge in [0, 0.05) is 6.42 Å². The summed E-state index contributed by atoms with van der Waals surface area (Å²) in [6, 6.07) is 4.08. The molecule has 26 heavy (non-hydrogen) atoms. The zero-order valence-corrected chi connectivity index (χ0v) is 18.0. The third-order valence-electron chi connectivity index (χ3n) is 4.59. The lowest BCUT2D eigenvalue weighted by molar-refractivity contribution is -0.143. The van der Waals surface area contributed by atoms with Crippen LogP contribution in [0.4, 0.5) is 0 Å². The first-order valence-corrected chi connectivity index (χ1v) is 9.85. The molecule has 0 unspecified atom stereocenters. The smallest absolute Gasteiger partial charge is 0.306 e. The van der Waals surface area contributed by atoms with E-state index in [1.165, 1.54) is 0 Å². The Bertz CT molecular complexity index is 566. The number of phenols is 1. The van der Waals surface area contributed by atoms with Gasteiger partial charge in [-0.15, -0.1) is 0 Å². The Balaban J connectivity index is 2.85. The summed E-state index contributed by atoms with van der Waals surface area (Å²) in [6.45, 7) is 17.4. The van der Waals surface area contributed by atoms with E-state index in [4.69, 9.17) is 4.74 Å². The lowest BCUT2D eigenvalue weighted by Crippen LogP contribution is -2.18. The van der Waals surface area contributed by atoms with Gasteiger partial charge in [-0.2, -0.15) is 0 Å². The van der Waals surface area contributed by atoms with Gasteiger partial charge in [-0.25, -0.2) is 0 Å². The molecule has 0 saturated carbocycles. The van der Waals surface area contributed by atoms with Crippen molar-refractivity contribution in [3.8, 4) is 5.75 Å². The van der Waals surface area contributed by atoms with Crippen molar-refractivity contribution in [3.05, 3.63) is 28.8 Å². The maximum Gasteiger partial charge on any atom is 0.306 e. The third-order valence-corrected chi connectivity index (χ3v) is 4.59. The molecule has 148 valence electrons. The van der Waals surface area contributed by atoms with Gasteiger partial charge in [-0.05, 0) is 52.7 Å². The first kappa shape index (κ1) is 22.5. The van der Waals surface area contributed by atoms with Crippen molar-refractivity contribution >= 4 is 5.97 Å². The predicted molar refractivity (Wildman–Crippen MR) is 109 cm³/mol. The topological polar surface area (TPSA) is 46.5 Å². The third kappa shape index (κ3) is 7.01. The molecule has 0 radical (unpaired) electrons. The zero-order chi connectivity index (χ0) is 20.1. The van der Waals surface area contributed by atoms with Gasteiger partial charge in [0.25, 0.3) is 0 Å². The van der Waals surface area contributed by atoms with E-state index in [2.05, 4.69) is 55.4 Å². The van der Waals surface area contributed by atoms with Gasteiger partial charge in [0.15, 0.2) is 0 Å². The van der Waals surface area contributed by atoms with Gasteiger partial charge in [0.05, 0.1) is 6.61 Å². The van der Waals surface area contributed by atoms with Crippen LogP contribution >= 0.6 is 0 Å². The Morgan fingerprint density at radius 3 is 1.96 bits per heavy atom. The first-order valence-electron chi connectivity index (χ1n) is 9.85. The molecular weight excluding hydrogens is 324 g/mol. The number of hydrogen-bond acceptors (Lipinski definition) is 3. The SMILES string of the molecule is CC(C)CCCOC(=O)CCc1cc(C(C)(C)C)c(O)c(C(C)(C)C)c1. The van der Waals surface area contributed by atoms with Gasteiger partial charge in [-0.3, -0.25) is 4.79 Å². The number of carbonyl (C=O) groups is 1. The molecule has 0 spiro atoms. The van der Waals surface area contributed by atoms with E-state index in [0.717, 1.165) is 29.5 Å². The Kier molecular flexibility index (Phi) is 7.73. The van der Waals surface area contributed by atoms with Crippen molar-refractivity contribution < 1.29 is 14.6 Å². The van der Waals surface area contributed by atoms with E-state index in [1.54, 1.807) is 0 Å². The highest BCUT2D eigenvalue weighted by Gasteiger charge is 2.26. The molecule has 1 aromatic carbocycles. The van der Waals surface area contributed by atoms with Crippen molar-refractivity contribution in [2.45, 2.75) is 91.9 Å². The lowest BCUT2D eigenvalue weighted by Gasteiger charge is -2.28. The Labute approximate surface area is 160 Å². The van der Waals surface area contributed by atoms with Gasteiger partial charge in [0.2, 0.25) is 0 Å². The van der Waals surface area contributed by atoms with Crippen LogP contribution in [-0.4, -0.2) is 17.7 Å². The van der Waals surface area contributed by atoms with Crippen molar-refractivity contribution in [1.82, 2.24) is 0 Å². The number of benzene rings is 1. The standard InChI is InChI=1S/C23H38O3/c1-16(2)10-9-13-26-20(24)12-11-17-14-18(22(3,4)5)21(25)19(15-17)23(6,7)8/h14-16,25H,9-13H2,1-8H3. The minimum atomic E-state index is -0.155. The van der Waals surface area contributed by atoms with Crippen LogP contribution in [0.25, 0.3) is 0 Å². The van der Waals surface area contributed by atoms with Crippen molar-refractivity contribution in [2.75, 3.05) is 6.61 Å². The summed E-state index contributed by atoms with van der Waals surface area (Å²) < 4.78 is 5.34. The molecule has 0 bridgehead atoms. The Morgan fingerprint density at radius 2 is 1.54 bits per heavy atom. The van der Waals surface area contributed by atoms with E-state index < -0.39 is 0 Å². The van der Waals surface area contributed by atoms with Gasteiger partial charge in [0.1, 0.15) is 5.75 Å². The van der Waals surface area contributed by atoms with Crippen LogP contribution in [0.3, 0.4) is 0 Å². The number of esters is 1. The Hall–Kier alpha value is -1.51. The second kappa shape index (κ2) is 8.92. The first-order chi connectivity index (χ1) is 11.8. The highest BCUT2D eigenvalue weighted by Crippen LogP contribution is 2.39. The number of phenolic OH excluding ortho intramolecular Hbond substituents is 1. The number of aryl methyl sites for hydroxylation is 1. The highest BCUT2D eigenvalue weighted by molar-refractivity contribution is 5.69. The molecule has 0 aliphatic carbocycles. The van der Waals surface area contributed by atoms with E-state index in [-0.39, 0.29) is 16.8 Å². The van der Waals surface area contributed by atoms with Gasteiger partial charge in [-0.1, -0.05) is 67.5 Å². The van der Waals surface area contributed by atoms with Crippen LogP contribution in [-0.2, 0) is 26.8 Å². The second-order valence-electron chi connectivity index (χ2n) is 9.80.